The SMILES string of the molecule is CC(NC(=O)c1ccccc1[Si](C)(C)C)(c1ccccc1)c1ccccc1. The molecule has 0 unspecified atom stereocenters. The van der Waals surface area contributed by atoms with Gasteiger partial charge in [-0.25, -0.2) is 0 Å². The second-order valence-electron chi connectivity index (χ2n) is 8.11. The Kier molecular flexibility index (Phi) is 5.33. The van der Waals surface area contributed by atoms with Gasteiger partial charge >= 0.3 is 0 Å². The third-order valence-electron chi connectivity index (χ3n) is 5.05. The van der Waals surface area contributed by atoms with Gasteiger partial charge in [-0.1, -0.05) is 98.5 Å². The molecule has 27 heavy (non-hydrogen) atoms. The number of amides is 1. The zero-order valence-corrected chi connectivity index (χ0v) is 17.5. The van der Waals surface area contributed by atoms with E-state index in [9.17, 15) is 4.79 Å². The first-order valence-corrected chi connectivity index (χ1v) is 12.9. The highest BCUT2D eigenvalue weighted by atomic mass is 28.3. The lowest BCUT2D eigenvalue weighted by Crippen LogP contribution is -2.48. The van der Waals surface area contributed by atoms with Crippen molar-refractivity contribution < 1.29 is 4.79 Å². The first-order valence-electron chi connectivity index (χ1n) is 9.35. The largest absolute Gasteiger partial charge is 0.339 e. The number of carbonyl (C=O) groups excluding carboxylic acids is 1. The predicted molar refractivity (Wildman–Crippen MR) is 116 cm³/mol. The molecule has 0 radical (unpaired) electrons. The van der Waals surface area contributed by atoms with Gasteiger partial charge < -0.3 is 5.32 Å². The van der Waals surface area contributed by atoms with E-state index in [1.54, 1.807) is 0 Å². The van der Waals surface area contributed by atoms with Crippen LogP contribution >= 0.6 is 0 Å². The predicted octanol–water partition coefficient (Wildman–Crippen LogP) is 4.93. The second-order valence-corrected chi connectivity index (χ2v) is 13.1. The first-order chi connectivity index (χ1) is 12.8. The zero-order valence-electron chi connectivity index (χ0n) is 16.5. The number of benzene rings is 3. The molecule has 0 aliphatic heterocycles. The van der Waals surface area contributed by atoms with Gasteiger partial charge in [0.1, 0.15) is 0 Å². The molecule has 3 heteroatoms. The van der Waals surface area contributed by atoms with Crippen LogP contribution in [0.3, 0.4) is 0 Å². The van der Waals surface area contributed by atoms with Gasteiger partial charge in [0, 0.05) is 5.56 Å². The lowest BCUT2D eigenvalue weighted by atomic mass is 9.84. The summed E-state index contributed by atoms with van der Waals surface area (Å²) in [5.41, 5.74) is 2.31. The van der Waals surface area contributed by atoms with Gasteiger partial charge in [0.2, 0.25) is 0 Å². The van der Waals surface area contributed by atoms with Crippen molar-refractivity contribution in [3.8, 4) is 0 Å². The summed E-state index contributed by atoms with van der Waals surface area (Å²) in [6.07, 6.45) is 0. The molecule has 0 saturated carbocycles. The summed E-state index contributed by atoms with van der Waals surface area (Å²) in [6.45, 7) is 8.89. The maximum atomic E-state index is 13.4. The number of hydrogen-bond donors (Lipinski definition) is 1. The molecule has 0 atom stereocenters. The second kappa shape index (κ2) is 7.53. The van der Waals surface area contributed by atoms with Crippen LogP contribution in [0, 0.1) is 0 Å². The molecule has 3 aromatic rings. The van der Waals surface area contributed by atoms with E-state index in [2.05, 4.69) is 62.2 Å². The van der Waals surface area contributed by atoms with Crippen LogP contribution < -0.4 is 10.5 Å². The van der Waals surface area contributed by atoms with E-state index in [1.807, 2.05) is 54.6 Å². The minimum atomic E-state index is -1.64. The molecule has 0 heterocycles. The van der Waals surface area contributed by atoms with E-state index in [0.29, 0.717) is 0 Å². The van der Waals surface area contributed by atoms with Gasteiger partial charge in [-0.2, -0.15) is 0 Å². The normalized spacial score (nSPS) is 11.9. The Balaban J connectivity index is 2.06. The molecule has 0 saturated heterocycles. The van der Waals surface area contributed by atoms with Crippen molar-refractivity contribution in [2.24, 2.45) is 0 Å². The van der Waals surface area contributed by atoms with Crippen molar-refractivity contribution in [1.82, 2.24) is 5.32 Å². The molecule has 1 amide bonds. The Hall–Kier alpha value is -2.65. The highest BCUT2D eigenvalue weighted by Crippen LogP contribution is 2.29. The summed E-state index contributed by atoms with van der Waals surface area (Å²) >= 11 is 0. The lowest BCUT2D eigenvalue weighted by Gasteiger charge is -2.33. The summed E-state index contributed by atoms with van der Waals surface area (Å²) in [7, 11) is -1.64. The van der Waals surface area contributed by atoms with Crippen LogP contribution in [0.15, 0.2) is 84.9 Å². The van der Waals surface area contributed by atoms with Crippen LogP contribution in [-0.2, 0) is 5.54 Å². The maximum absolute atomic E-state index is 13.4. The molecule has 0 aromatic heterocycles. The van der Waals surface area contributed by atoms with E-state index < -0.39 is 13.6 Å². The highest BCUT2D eigenvalue weighted by molar-refractivity contribution is 6.89. The Bertz CT molecular complexity index is 874. The molecule has 3 rings (SSSR count). The van der Waals surface area contributed by atoms with Crippen LogP contribution in [0.5, 0.6) is 0 Å². The third kappa shape index (κ3) is 4.04. The van der Waals surface area contributed by atoms with Gasteiger partial charge in [-0.15, -0.1) is 0 Å². The molecular formula is C24H27NOSi. The fraction of sp³-hybridized carbons (Fsp3) is 0.208. The molecule has 0 aliphatic carbocycles. The van der Waals surface area contributed by atoms with Crippen molar-refractivity contribution in [2.45, 2.75) is 32.1 Å². The van der Waals surface area contributed by atoms with Crippen molar-refractivity contribution in [3.05, 3.63) is 102 Å². The van der Waals surface area contributed by atoms with E-state index in [4.69, 9.17) is 0 Å². The summed E-state index contributed by atoms with van der Waals surface area (Å²) in [6, 6.07) is 28.3. The molecule has 0 fully saturated rings. The van der Waals surface area contributed by atoms with E-state index >= 15 is 0 Å². The van der Waals surface area contributed by atoms with Crippen molar-refractivity contribution in [2.75, 3.05) is 0 Å². The smallest absolute Gasteiger partial charge is 0.252 e. The Morgan fingerprint density at radius 1 is 0.741 bits per heavy atom. The minimum absolute atomic E-state index is 0.0248. The minimum Gasteiger partial charge on any atom is -0.339 e. The average Bonchev–Trinajstić information content (AvgIpc) is 2.68. The molecule has 1 N–H and O–H groups in total. The van der Waals surface area contributed by atoms with Gasteiger partial charge in [0.15, 0.2) is 0 Å². The quantitative estimate of drug-likeness (QED) is 0.632. The molecule has 138 valence electrons. The Morgan fingerprint density at radius 2 is 1.19 bits per heavy atom. The topological polar surface area (TPSA) is 29.1 Å². The van der Waals surface area contributed by atoms with Gasteiger partial charge in [-0.3, -0.25) is 4.79 Å². The van der Waals surface area contributed by atoms with Crippen LogP contribution in [0.25, 0.3) is 0 Å². The van der Waals surface area contributed by atoms with Gasteiger partial charge in [0.05, 0.1) is 13.6 Å². The number of nitrogens with one attached hydrogen (secondary N) is 1. The number of hydrogen-bond acceptors (Lipinski definition) is 1. The van der Waals surface area contributed by atoms with E-state index in [-0.39, 0.29) is 5.91 Å². The molecule has 0 bridgehead atoms. The lowest BCUT2D eigenvalue weighted by molar-refractivity contribution is 0.0920. The Labute approximate surface area is 163 Å². The monoisotopic (exact) mass is 373 g/mol. The van der Waals surface area contributed by atoms with E-state index in [0.717, 1.165) is 16.7 Å². The fourth-order valence-corrected chi connectivity index (χ4v) is 5.08. The van der Waals surface area contributed by atoms with Crippen LogP contribution in [0.1, 0.15) is 28.4 Å². The molecule has 2 nitrogen and oxygen atoms in total. The van der Waals surface area contributed by atoms with Crippen molar-refractivity contribution >= 4 is 19.2 Å². The van der Waals surface area contributed by atoms with Crippen LogP contribution in [0.2, 0.25) is 19.6 Å². The van der Waals surface area contributed by atoms with E-state index in [1.165, 1.54) is 5.19 Å². The summed E-state index contributed by atoms with van der Waals surface area (Å²) in [5, 5.41) is 4.52. The summed E-state index contributed by atoms with van der Waals surface area (Å²) < 4.78 is 0. The zero-order chi connectivity index (χ0) is 19.5. The standard InChI is InChI=1S/C24H27NOSi/c1-24(19-13-7-5-8-14-19,20-15-9-6-10-16-20)25-23(26)21-17-11-12-18-22(21)27(2,3)4/h5-18H,1-4H3,(H,25,26). The molecule has 3 aromatic carbocycles. The third-order valence-corrected chi connectivity index (χ3v) is 7.10. The number of rotatable bonds is 5. The van der Waals surface area contributed by atoms with Gasteiger partial charge in [0.25, 0.3) is 5.91 Å². The van der Waals surface area contributed by atoms with Gasteiger partial charge in [-0.05, 0) is 29.3 Å². The van der Waals surface area contributed by atoms with Crippen LogP contribution in [0.4, 0.5) is 0 Å². The highest BCUT2D eigenvalue weighted by Gasteiger charge is 2.32. The Morgan fingerprint density at radius 3 is 1.67 bits per heavy atom. The van der Waals surface area contributed by atoms with Crippen molar-refractivity contribution in [3.63, 3.8) is 0 Å². The maximum Gasteiger partial charge on any atom is 0.252 e. The molecular weight excluding hydrogens is 346 g/mol. The summed E-state index contributed by atoms with van der Waals surface area (Å²) in [5.74, 6) is -0.0248. The summed E-state index contributed by atoms with van der Waals surface area (Å²) in [4.78, 5) is 13.4. The molecule has 0 spiro atoms. The van der Waals surface area contributed by atoms with Crippen molar-refractivity contribution in [1.29, 1.82) is 0 Å². The fourth-order valence-electron chi connectivity index (χ4n) is 3.48. The number of carbonyl (C=O) groups is 1. The van der Waals surface area contributed by atoms with Crippen LogP contribution in [-0.4, -0.2) is 14.0 Å². The first kappa shape index (κ1) is 19.1. The average molecular weight is 374 g/mol. The molecule has 0 aliphatic rings.